The SMILES string of the molecule is CC(N)CCCCCCCN(CCCCNCC(CCCCCCC(C)N)NCCC(C)N)CCC(C)N. The minimum atomic E-state index is 0.263. The van der Waals surface area contributed by atoms with Crippen LogP contribution >= 0.6 is 0 Å². The van der Waals surface area contributed by atoms with Crippen molar-refractivity contribution in [3.8, 4) is 0 Å². The van der Waals surface area contributed by atoms with Crippen molar-refractivity contribution >= 4 is 0 Å². The van der Waals surface area contributed by atoms with Gasteiger partial charge in [-0.1, -0.05) is 51.4 Å². The highest BCUT2D eigenvalue weighted by atomic mass is 15.1. The van der Waals surface area contributed by atoms with E-state index in [1.54, 1.807) is 0 Å². The van der Waals surface area contributed by atoms with Crippen molar-refractivity contribution in [3.63, 3.8) is 0 Å². The summed E-state index contributed by atoms with van der Waals surface area (Å²) in [6.07, 6.45) is 19.9. The molecule has 0 bridgehead atoms. The van der Waals surface area contributed by atoms with Crippen LogP contribution in [0.25, 0.3) is 0 Å². The molecule has 38 heavy (non-hydrogen) atoms. The highest BCUT2D eigenvalue weighted by Gasteiger charge is 2.09. The summed E-state index contributed by atoms with van der Waals surface area (Å²) in [5, 5.41) is 7.49. The zero-order chi connectivity index (χ0) is 28.4. The molecule has 10 N–H and O–H groups in total. The van der Waals surface area contributed by atoms with Crippen molar-refractivity contribution in [2.45, 2.75) is 161 Å². The first kappa shape index (κ1) is 37.7. The van der Waals surface area contributed by atoms with Gasteiger partial charge in [0.15, 0.2) is 0 Å². The third-order valence-electron chi connectivity index (χ3n) is 7.50. The number of nitrogens with zero attached hydrogens (tertiary/aromatic N) is 1. The predicted molar refractivity (Wildman–Crippen MR) is 170 cm³/mol. The van der Waals surface area contributed by atoms with Gasteiger partial charge in [0.25, 0.3) is 0 Å². The lowest BCUT2D eigenvalue weighted by Crippen LogP contribution is -2.40. The molecule has 0 saturated heterocycles. The second-order valence-corrected chi connectivity index (χ2v) is 12.4. The van der Waals surface area contributed by atoms with E-state index in [0.717, 1.165) is 51.9 Å². The van der Waals surface area contributed by atoms with E-state index < -0.39 is 0 Å². The van der Waals surface area contributed by atoms with E-state index >= 15 is 0 Å². The fraction of sp³-hybridized carbons (Fsp3) is 1.00. The van der Waals surface area contributed by atoms with Gasteiger partial charge >= 0.3 is 0 Å². The van der Waals surface area contributed by atoms with Crippen molar-refractivity contribution in [1.82, 2.24) is 15.5 Å². The molecule has 0 aliphatic heterocycles. The van der Waals surface area contributed by atoms with E-state index in [0.29, 0.717) is 18.1 Å². The first-order chi connectivity index (χ1) is 18.2. The second-order valence-electron chi connectivity index (χ2n) is 12.4. The molecule has 0 saturated carbocycles. The molecule has 230 valence electrons. The van der Waals surface area contributed by atoms with Crippen LogP contribution < -0.4 is 33.6 Å². The van der Waals surface area contributed by atoms with Gasteiger partial charge in [-0.3, -0.25) is 0 Å². The lowest BCUT2D eigenvalue weighted by Gasteiger charge is -2.23. The van der Waals surface area contributed by atoms with Crippen LogP contribution in [0.1, 0.15) is 130 Å². The molecule has 0 spiro atoms. The predicted octanol–water partition coefficient (Wildman–Crippen LogP) is 4.47. The zero-order valence-corrected chi connectivity index (χ0v) is 26.2. The molecule has 0 heterocycles. The van der Waals surface area contributed by atoms with Gasteiger partial charge in [-0.15, -0.1) is 0 Å². The number of hydrogen-bond acceptors (Lipinski definition) is 7. The van der Waals surface area contributed by atoms with Gasteiger partial charge in [0.1, 0.15) is 0 Å². The third kappa shape index (κ3) is 28.7. The van der Waals surface area contributed by atoms with Crippen LogP contribution in [0.5, 0.6) is 0 Å². The lowest BCUT2D eigenvalue weighted by molar-refractivity contribution is 0.252. The van der Waals surface area contributed by atoms with E-state index in [4.69, 9.17) is 22.9 Å². The van der Waals surface area contributed by atoms with E-state index in [1.807, 2.05) is 0 Å². The summed E-state index contributed by atoms with van der Waals surface area (Å²) in [4.78, 5) is 2.65. The second kappa shape index (κ2) is 26.9. The summed E-state index contributed by atoms with van der Waals surface area (Å²) < 4.78 is 0. The molecule has 0 radical (unpaired) electrons. The fourth-order valence-corrected chi connectivity index (χ4v) is 4.92. The Morgan fingerprint density at radius 1 is 0.474 bits per heavy atom. The maximum absolute atomic E-state index is 6.05. The molecule has 0 fully saturated rings. The number of rotatable bonds is 29. The molecule has 0 amide bonds. The van der Waals surface area contributed by atoms with Crippen molar-refractivity contribution < 1.29 is 0 Å². The van der Waals surface area contributed by atoms with Crippen LogP contribution in [-0.4, -0.2) is 74.4 Å². The molecule has 0 aromatic rings. The Hall–Kier alpha value is -0.280. The topological polar surface area (TPSA) is 131 Å². The van der Waals surface area contributed by atoms with Crippen LogP contribution in [0.15, 0.2) is 0 Å². The molecule has 0 rings (SSSR count). The maximum Gasteiger partial charge on any atom is 0.0192 e. The number of unbranched alkanes of at least 4 members (excludes halogenated alkanes) is 8. The normalized spacial score (nSPS) is 16.0. The highest BCUT2D eigenvalue weighted by Crippen LogP contribution is 2.10. The first-order valence-electron chi connectivity index (χ1n) is 16.4. The van der Waals surface area contributed by atoms with Gasteiger partial charge in [-0.05, 0) is 112 Å². The quantitative estimate of drug-likeness (QED) is 0.0770. The van der Waals surface area contributed by atoms with Gasteiger partial charge in [-0.25, -0.2) is 0 Å². The van der Waals surface area contributed by atoms with Crippen molar-refractivity contribution in [2.75, 3.05) is 39.3 Å². The Morgan fingerprint density at radius 3 is 1.50 bits per heavy atom. The monoisotopic (exact) mass is 542 g/mol. The maximum atomic E-state index is 6.05. The summed E-state index contributed by atoms with van der Waals surface area (Å²) in [6, 6.07) is 1.77. The Morgan fingerprint density at radius 2 is 0.947 bits per heavy atom. The zero-order valence-electron chi connectivity index (χ0n) is 26.2. The Labute approximate surface area is 238 Å². The lowest BCUT2D eigenvalue weighted by atomic mass is 10.0. The summed E-state index contributed by atoms with van der Waals surface area (Å²) >= 11 is 0. The average Bonchev–Trinajstić information content (AvgIpc) is 2.84. The molecule has 7 nitrogen and oxygen atoms in total. The summed E-state index contributed by atoms with van der Waals surface area (Å²) in [5.41, 5.74) is 23.8. The van der Waals surface area contributed by atoms with Gasteiger partial charge in [0.2, 0.25) is 0 Å². The molecule has 0 aliphatic carbocycles. The van der Waals surface area contributed by atoms with Crippen LogP contribution in [0.4, 0.5) is 0 Å². The van der Waals surface area contributed by atoms with E-state index in [2.05, 4.69) is 43.2 Å². The van der Waals surface area contributed by atoms with Crippen molar-refractivity contribution in [2.24, 2.45) is 22.9 Å². The molecular formula is C31H71N7. The molecule has 7 heteroatoms. The van der Waals surface area contributed by atoms with Gasteiger partial charge in [-0.2, -0.15) is 0 Å². The molecule has 0 aliphatic rings. The van der Waals surface area contributed by atoms with Gasteiger partial charge in [0.05, 0.1) is 0 Å². The Bertz CT molecular complexity index is 471. The average molecular weight is 542 g/mol. The van der Waals surface area contributed by atoms with Crippen LogP contribution in [0.3, 0.4) is 0 Å². The summed E-state index contributed by atoms with van der Waals surface area (Å²) in [5.74, 6) is 0. The van der Waals surface area contributed by atoms with Crippen LogP contribution in [0, 0.1) is 0 Å². The van der Waals surface area contributed by atoms with E-state index in [9.17, 15) is 0 Å². The largest absolute Gasteiger partial charge is 0.328 e. The molecule has 0 aromatic heterocycles. The first-order valence-corrected chi connectivity index (χ1v) is 16.4. The smallest absolute Gasteiger partial charge is 0.0192 e. The molecule has 5 atom stereocenters. The summed E-state index contributed by atoms with van der Waals surface area (Å²) in [7, 11) is 0. The minimum Gasteiger partial charge on any atom is -0.328 e. The van der Waals surface area contributed by atoms with Gasteiger partial charge < -0.3 is 38.5 Å². The van der Waals surface area contributed by atoms with Crippen molar-refractivity contribution in [3.05, 3.63) is 0 Å². The Balaban J connectivity index is 4.15. The fourth-order valence-electron chi connectivity index (χ4n) is 4.92. The van der Waals surface area contributed by atoms with Crippen LogP contribution in [0.2, 0.25) is 0 Å². The Kier molecular flexibility index (Phi) is 26.7. The van der Waals surface area contributed by atoms with Crippen molar-refractivity contribution in [1.29, 1.82) is 0 Å². The number of nitrogens with one attached hydrogen (secondary N) is 2. The molecule has 0 aromatic carbocycles. The third-order valence-corrected chi connectivity index (χ3v) is 7.50. The standard InChI is InChI=1S/C31H71N7/c1-27(32)16-10-6-5-9-14-23-38(25-20-30(4)35)24-15-13-21-36-26-31(37-22-19-29(3)34)18-12-8-7-11-17-28(2)33/h27-31,36-37H,5-26,32-35H2,1-4H3. The molecular weight excluding hydrogens is 470 g/mol. The van der Waals surface area contributed by atoms with E-state index in [1.165, 1.54) is 90.1 Å². The molecule has 5 unspecified atom stereocenters. The van der Waals surface area contributed by atoms with Crippen LogP contribution in [-0.2, 0) is 0 Å². The summed E-state index contributed by atoms with van der Waals surface area (Å²) in [6.45, 7) is 15.1. The van der Waals surface area contributed by atoms with Gasteiger partial charge in [0, 0.05) is 36.8 Å². The highest BCUT2D eigenvalue weighted by molar-refractivity contribution is 4.72. The number of nitrogens with two attached hydrogens (primary N) is 4. The number of hydrogen-bond donors (Lipinski definition) is 6. The van der Waals surface area contributed by atoms with E-state index in [-0.39, 0.29) is 12.1 Å². The minimum absolute atomic E-state index is 0.263.